The standard InChI is InChI=1S/C13H17NO6/c1-8(2)13(15)20-7-9-5-11(18-3)12(19-4)6-10(9)14(16)17/h5-6,8H,7H2,1-4H3. The summed E-state index contributed by atoms with van der Waals surface area (Å²) in [6, 6.07) is 2.68. The highest BCUT2D eigenvalue weighted by molar-refractivity contribution is 5.71. The van der Waals surface area contributed by atoms with Gasteiger partial charge in [0, 0.05) is 0 Å². The van der Waals surface area contributed by atoms with Gasteiger partial charge in [-0.15, -0.1) is 0 Å². The van der Waals surface area contributed by atoms with Crippen molar-refractivity contribution in [3.63, 3.8) is 0 Å². The lowest BCUT2D eigenvalue weighted by atomic mass is 10.1. The molecule has 1 rings (SSSR count). The van der Waals surface area contributed by atoms with Crippen LogP contribution in [0.2, 0.25) is 0 Å². The van der Waals surface area contributed by atoms with Gasteiger partial charge in [-0.05, 0) is 6.07 Å². The quantitative estimate of drug-likeness (QED) is 0.452. The maximum atomic E-state index is 11.4. The number of methoxy groups -OCH3 is 2. The second-order valence-corrected chi connectivity index (χ2v) is 4.36. The largest absolute Gasteiger partial charge is 0.493 e. The number of nitro groups is 1. The van der Waals surface area contributed by atoms with E-state index >= 15 is 0 Å². The van der Waals surface area contributed by atoms with Gasteiger partial charge in [0.2, 0.25) is 0 Å². The zero-order valence-electron chi connectivity index (χ0n) is 11.8. The fraction of sp³-hybridized carbons (Fsp3) is 0.462. The van der Waals surface area contributed by atoms with Crippen LogP contribution >= 0.6 is 0 Å². The minimum Gasteiger partial charge on any atom is -0.493 e. The predicted molar refractivity (Wildman–Crippen MR) is 70.8 cm³/mol. The van der Waals surface area contributed by atoms with Gasteiger partial charge in [-0.1, -0.05) is 13.8 Å². The average molecular weight is 283 g/mol. The van der Waals surface area contributed by atoms with E-state index in [1.54, 1.807) is 13.8 Å². The molecule has 1 aromatic rings. The summed E-state index contributed by atoms with van der Waals surface area (Å²) in [4.78, 5) is 21.9. The highest BCUT2D eigenvalue weighted by Crippen LogP contribution is 2.34. The van der Waals surface area contributed by atoms with Crippen molar-refractivity contribution in [2.45, 2.75) is 20.5 Å². The van der Waals surface area contributed by atoms with E-state index in [4.69, 9.17) is 14.2 Å². The molecule has 0 atom stereocenters. The summed E-state index contributed by atoms with van der Waals surface area (Å²) in [5.74, 6) is -0.130. The van der Waals surface area contributed by atoms with Crippen LogP contribution < -0.4 is 9.47 Å². The molecular formula is C13H17NO6. The topological polar surface area (TPSA) is 87.9 Å². The van der Waals surface area contributed by atoms with Crippen LogP contribution in [0, 0.1) is 16.0 Å². The van der Waals surface area contributed by atoms with Crippen molar-refractivity contribution in [1.29, 1.82) is 0 Å². The third-order valence-corrected chi connectivity index (χ3v) is 2.62. The van der Waals surface area contributed by atoms with Gasteiger partial charge in [0.05, 0.1) is 36.7 Å². The zero-order chi connectivity index (χ0) is 15.3. The monoisotopic (exact) mass is 283 g/mol. The number of rotatable bonds is 6. The second kappa shape index (κ2) is 6.74. The van der Waals surface area contributed by atoms with Crippen molar-refractivity contribution in [3.8, 4) is 11.5 Å². The normalized spacial score (nSPS) is 10.2. The number of ether oxygens (including phenoxy) is 3. The molecule has 0 aliphatic rings. The van der Waals surface area contributed by atoms with E-state index in [1.807, 2.05) is 0 Å². The van der Waals surface area contributed by atoms with Crippen molar-refractivity contribution >= 4 is 11.7 Å². The van der Waals surface area contributed by atoms with E-state index in [0.29, 0.717) is 5.75 Å². The van der Waals surface area contributed by atoms with E-state index in [0.717, 1.165) is 0 Å². The van der Waals surface area contributed by atoms with Crippen molar-refractivity contribution in [2.24, 2.45) is 5.92 Å². The Labute approximate surface area is 116 Å². The molecular weight excluding hydrogens is 266 g/mol. The number of hydrogen-bond acceptors (Lipinski definition) is 6. The molecule has 20 heavy (non-hydrogen) atoms. The molecule has 0 heterocycles. The van der Waals surface area contributed by atoms with Crippen LogP contribution in [-0.2, 0) is 16.1 Å². The van der Waals surface area contributed by atoms with Gasteiger partial charge in [0.15, 0.2) is 11.5 Å². The lowest BCUT2D eigenvalue weighted by Gasteiger charge is -2.11. The Hall–Kier alpha value is -2.31. The number of carbonyl (C=O) groups excluding carboxylic acids is 1. The first-order chi connectivity index (χ1) is 9.40. The number of benzene rings is 1. The van der Waals surface area contributed by atoms with Crippen molar-refractivity contribution in [2.75, 3.05) is 14.2 Å². The summed E-state index contributed by atoms with van der Waals surface area (Å²) in [5.41, 5.74) is 0.0702. The van der Waals surface area contributed by atoms with Crippen LogP contribution in [0.4, 0.5) is 5.69 Å². The van der Waals surface area contributed by atoms with E-state index in [1.165, 1.54) is 26.4 Å². The third kappa shape index (κ3) is 3.59. The fourth-order valence-electron chi connectivity index (χ4n) is 1.51. The van der Waals surface area contributed by atoms with Gasteiger partial charge in [0.1, 0.15) is 6.61 Å². The summed E-state index contributed by atoms with van der Waals surface area (Å²) < 4.78 is 15.1. The number of esters is 1. The lowest BCUT2D eigenvalue weighted by molar-refractivity contribution is -0.385. The molecule has 0 fully saturated rings. The molecule has 0 saturated heterocycles. The van der Waals surface area contributed by atoms with Gasteiger partial charge in [-0.25, -0.2) is 0 Å². The zero-order valence-corrected chi connectivity index (χ0v) is 11.8. The van der Waals surface area contributed by atoms with Gasteiger partial charge in [-0.3, -0.25) is 14.9 Å². The Morgan fingerprint density at radius 2 is 1.80 bits per heavy atom. The molecule has 1 aromatic carbocycles. The highest BCUT2D eigenvalue weighted by atomic mass is 16.6. The van der Waals surface area contributed by atoms with Gasteiger partial charge < -0.3 is 14.2 Å². The summed E-state index contributed by atoms with van der Waals surface area (Å²) >= 11 is 0. The molecule has 0 unspecified atom stereocenters. The molecule has 0 saturated carbocycles. The van der Waals surface area contributed by atoms with Crippen molar-refractivity contribution in [3.05, 3.63) is 27.8 Å². The van der Waals surface area contributed by atoms with E-state index in [-0.39, 0.29) is 29.5 Å². The second-order valence-electron chi connectivity index (χ2n) is 4.36. The van der Waals surface area contributed by atoms with Crippen LogP contribution in [-0.4, -0.2) is 25.1 Å². The molecule has 0 radical (unpaired) electrons. The highest BCUT2D eigenvalue weighted by Gasteiger charge is 2.21. The molecule has 0 aromatic heterocycles. The first-order valence-corrected chi connectivity index (χ1v) is 5.96. The third-order valence-electron chi connectivity index (χ3n) is 2.62. The molecule has 0 aliphatic carbocycles. The fourth-order valence-corrected chi connectivity index (χ4v) is 1.51. The lowest BCUT2D eigenvalue weighted by Crippen LogP contribution is -2.12. The maximum absolute atomic E-state index is 11.4. The number of nitro benzene ring substituents is 1. The summed E-state index contributed by atoms with van der Waals surface area (Å²) in [6.45, 7) is 3.18. The Morgan fingerprint density at radius 3 is 2.25 bits per heavy atom. The number of carbonyl (C=O) groups is 1. The van der Waals surface area contributed by atoms with Gasteiger partial charge in [0.25, 0.3) is 5.69 Å². The van der Waals surface area contributed by atoms with Crippen LogP contribution in [0.15, 0.2) is 12.1 Å². The first kappa shape index (κ1) is 15.7. The Bertz CT molecular complexity index is 512. The van der Waals surface area contributed by atoms with Crippen LogP contribution in [0.3, 0.4) is 0 Å². The minimum atomic E-state index is -0.555. The molecule has 0 bridgehead atoms. The number of hydrogen-bond donors (Lipinski definition) is 0. The van der Waals surface area contributed by atoms with Gasteiger partial charge >= 0.3 is 5.97 Å². The minimum absolute atomic E-state index is 0.181. The van der Waals surface area contributed by atoms with Crippen LogP contribution in [0.25, 0.3) is 0 Å². The molecule has 0 aliphatic heterocycles. The van der Waals surface area contributed by atoms with Crippen molar-refractivity contribution < 1.29 is 23.9 Å². The molecule has 7 nitrogen and oxygen atoms in total. The average Bonchev–Trinajstić information content (AvgIpc) is 2.43. The van der Waals surface area contributed by atoms with Crippen LogP contribution in [0.1, 0.15) is 19.4 Å². The van der Waals surface area contributed by atoms with E-state index in [2.05, 4.69) is 0 Å². The molecule has 0 spiro atoms. The van der Waals surface area contributed by atoms with Crippen molar-refractivity contribution in [1.82, 2.24) is 0 Å². The molecule has 7 heteroatoms. The van der Waals surface area contributed by atoms with Gasteiger partial charge in [-0.2, -0.15) is 0 Å². The van der Waals surface area contributed by atoms with Crippen LogP contribution in [0.5, 0.6) is 11.5 Å². The Kier molecular flexibility index (Phi) is 5.31. The number of nitrogens with zero attached hydrogens (tertiary/aromatic N) is 1. The molecule has 110 valence electrons. The maximum Gasteiger partial charge on any atom is 0.308 e. The first-order valence-electron chi connectivity index (χ1n) is 5.96. The Morgan fingerprint density at radius 1 is 1.25 bits per heavy atom. The summed E-state index contributed by atoms with van der Waals surface area (Å²) in [6.07, 6.45) is 0. The summed E-state index contributed by atoms with van der Waals surface area (Å²) in [7, 11) is 2.81. The molecule has 0 amide bonds. The van der Waals surface area contributed by atoms with E-state index in [9.17, 15) is 14.9 Å². The molecule has 0 N–H and O–H groups in total. The summed E-state index contributed by atoms with van der Waals surface area (Å²) in [5, 5.41) is 11.0. The predicted octanol–water partition coefficient (Wildman–Crippen LogP) is 2.31. The Balaban J connectivity index is 3.09. The smallest absolute Gasteiger partial charge is 0.308 e. The van der Waals surface area contributed by atoms with E-state index < -0.39 is 10.9 Å². The SMILES string of the molecule is COc1cc(COC(=O)C(C)C)c([N+](=O)[O-])cc1OC.